The molecule has 1 aromatic carbocycles. The van der Waals surface area contributed by atoms with Gasteiger partial charge in [-0.15, -0.1) is 0 Å². The van der Waals surface area contributed by atoms with Crippen LogP contribution in [0.15, 0.2) is 34.9 Å². The summed E-state index contributed by atoms with van der Waals surface area (Å²) in [5.74, 6) is 0.0200. The number of urea groups is 1. The Balaban J connectivity index is 1.11. The largest absolute Gasteiger partial charge is 0.462 e. The molecule has 0 bridgehead atoms. The van der Waals surface area contributed by atoms with Crippen molar-refractivity contribution in [3.63, 3.8) is 0 Å². The monoisotopic (exact) mass is 410 g/mol. The van der Waals surface area contributed by atoms with Crippen LogP contribution >= 0.6 is 0 Å². The molecule has 0 aliphatic carbocycles. The summed E-state index contributed by atoms with van der Waals surface area (Å²) in [5.41, 5.74) is 2.15. The van der Waals surface area contributed by atoms with E-state index >= 15 is 0 Å². The fourth-order valence-electron chi connectivity index (χ4n) is 5.24. The maximum atomic E-state index is 12.4. The number of furan rings is 1. The molecule has 4 heterocycles. The molecule has 7 nitrogen and oxygen atoms in total. The molecule has 2 aromatic rings. The van der Waals surface area contributed by atoms with Gasteiger partial charge in [0.15, 0.2) is 5.58 Å². The number of imide groups is 1. The number of carbonyl (C=O) groups excluding carboxylic acids is 2. The number of fused-ring (bicyclic) bond motifs is 2. The Morgan fingerprint density at radius 1 is 1.07 bits per heavy atom. The highest BCUT2D eigenvalue weighted by Gasteiger charge is 2.46. The standard InChI is InChI=1S/C23H30N4O3/c1-17-16-25(19-7-4-6-18-9-15-30-21(18)19)14-13-24(17)10-2-3-11-27-22(28)20-8-5-12-26(20)23(27)29/h4,6-7,9,15,17,20H,2-3,5,8,10-14,16H2,1H3. The van der Waals surface area contributed by atoms with Gasteiger partial charge < -0.3 is 14.2 Å². The summed E-state index contributed by atoms with van der Waals surface area (Å²) in [5, 5.41) is 1.15. The third-order valence-electron chi connectivity index (χ3n) is 6.92. The normalized spacial score (nSPS) is 25.0. The smallest absolute Gasteiger partial charge is 0.327 e. The first-order chi connectivity index (χ1) is 14.6. The predicted octanol–water partition coefficient (Wildman–Crippen LogP) is 3.15. The maximum Gasteiger partial charge on any atom is 0.327 e. The van der Waals surface area contributed by atoms with Crippen LogP contribution in [0, 0.1) is 0 Å². The van der Waals surface area contributed by atoms with Gasteiger partial charge in [-0.3, -0.25) is 14.6 Å². The number of rotatable bonds is 6. The molecule has 0 spiro atoms. The van der Waals surface area contributed by atoms with Crippen molar-refractivity contribution in [2.24, 2.45) is 0 Å². The van der Waals surface area contributed by atoms with Gasteiger partial charge in [-0.25, -0.2) is 4.79 Å². The molecule has 0 N–H and O–H groups in total. The Labute approximate surface area is 177 Å². The summed E-state index contributed by atoms with van der Waals surface area (Å²) in [6.45, 7) is 7.53. The van der Waals surface area contributed by atoms with Crippen LogP contribution in [-0.4, -0.2) is 78.0 Å². The van der Waals surface area contributed by atoms with E-state index in [2.05, 4.69) is 34.9 Å². The van der Waals surface area contributed by atoms with E-state index in [4.69, 9.17) is 4.42 Å². The molecule has 3 saturated heterocycles. The fraction of sp³-hybridized carbons (Fsp3) is 0.565. The number of carbonyl (C=O) groups is 2. The first kappa shape index (κ1) is 19.4. The number of hydrogen-bond donors (Lipinski definition) is 0. The van der Waals surface area contributed by atoms with E-state index < -0.39 is 0 Å². The highest BCUT2D eigenvalue weighted by molar-refractivity contribution is 6.04. The first-order valence-electron chi connectivity index (χ1n) is 11.2. The average molecular weight is 411 g/mol. The third-order valence-corrected chi connectivity index (χ3v) is 6.92. The van der Waals surface area contributed by atoms with Gasteiger partial charge in [-0.05, 0) is 51.3 Å². The van der Waals surface area contributed by atoms with E-state index in [-0.39, 0.29) is 18.0 Å². The molecule has 7 heteroatoms. The topological polar surface area (TPSA) is 60.2 Å². The van der Waals surface area contributed by atoms with Gasteiger partial charge in [0.2, 0.25) is 0 Å². The molecule has 2 atom stereocenters. The number of para-hydroxylation sites is 1. The van der Waals surface area contributed by atoms with E-state index in [1.165, 1.54) is 10.6 Å². The Hall–Kier alpha value is -2.54. The van der Waals surface area contributed by atoms with Gasteiger partial charge >= 0.3 is 6.03 Å². The summed E-state index contributed by atoms with van der Waals surface area (Å²) in [7, 11) is 0. The van der Waals surface area contributed by atoms with E-state index in [1.54, 1.807) is 11.2 Å². The van der Waals surface area contributed by atoms with Crippen molar-refractivity contribution in [3.05, 3.63) is 30.5 Å². The minimum Gasteiger partial charge on any atom is -0.462 e. The summed E-state index contributed by atoms with van der Waals surface area (Å²) >= 11 is 0. The maximum absolute atomic E-state index is 12.4. The molecule has 0 saturated carbocycles. The first-order valence-corrected chi connectivity index (χ1v) is 11.2. The molecular weight excluding hydrogens is 380 g/mol. The van der Waals surface area contributed by atoms with Gasteiger partial charge in [0.05, 0.1) is 12.0 Å². The quantitative estimate of drug-likeness (QED) is 0.541. The van der Waals surface area contributed by atoms with Crippen molar-refractivity contribution in [1.82, 2.24) is 14.7 Å². The van der Waals surface area contributed by atoms with Crippen LogP contribution in [0.1, 0.15) is 32.6 Å². The van der Waals surface area contributed by atoms with Crippen molar-refractivity contribution in [2.75, 3.05) is 44.2 Å². The minimum atomic E-state index is -0.177. The van der Waals surface area contributed by atoms with Crippen molar-refractivity contribution < 1.29 is 14.0 Å². The molecule has 3 aliphatic heterocycles. The van der Waals surface area contributed by atoms with Crippen LogP contribution in [0.4, 0.5) is 10.5 Å². The second-order valence-corrected chi connectivity index (χ2v) is 8.78. The van der Waals surface area contributed by atoms with Crippen molar-refractivity contribution in [1.29, 1.82) is 0 Å². The Morgan fingerprint density at radius 2 is 1.93 bits per heavy atom. The summed E-state index contributed by atoms with van der Waals surface area (Å²) in [6, 6.07) is 8.53. The molecule has 0 radical (unpaired) electrons. The van der Waals surface area contributed by atoms with Crippen LogP contribution in [-0.2, 0) is 4.79 Å². The van der Waals surface area contributed by atoms with Gasteiger partial charge in [0, 0.05) is 44.2 Å². The van der Waals surface area contributed by atoms with Crippen LogP contribution < -0.4 is 4.90 Å². The highest BCUT2D eigenvalue weighted by atomic mass is 16.3. The summed E-state index contributed by atoms with van der Waals surface area (Å²) in [4.78, 5) is 33.0. The Morgan fingerprint density at radius 3 is 2.77 bits per heavy atom. The molecule has 2 unspecified atom stereocenters. The zero-order chi connectivity index (χ0) is 20.7. The zero-order valence-corrected chi connectivity index (χ0v) is 17.6. The number of piperazine rings is 1. The van der Waals surface area contributed by atoms with Gasteiger partial charge in [-0.1, -0.05) is 12.1 Å². The molecule has 3 aliphatic rings. The lowest BCUT2D eigenvalue weighted by Gasteiger charge is -2.41. The number of amides is 3. The second kappa shape index (κ2) is 7.95. The Kier molecular flexibility index (Phi) is 5.15. The molecule has 5 rings (SSSR count). The molecule has 30 heavy (non-hydrogen) atoms. The lowest BCUT2D eigenvalue weighted by Crippen LogP contribution is -2.52. The molecule has 160 valence electrons. The van der Waals surface area contributed by atoms with Gasteiger partial charge in [0.1, 0.15) is 6.04 Å². The van der Waals surface area contributed by atoms with E-state index in [1.807, 2.05) is 6.07 Å². The minimum absolute atomic E-state index is 0.0200. The van der Waals surface area contributed by atoms with E-state index in [9.17, 15) is 9.59 Å². The number of unbranched alkanes of at least 4 members (excludes halogenated alkanes) is 1. The van der Waals surface area contributed by atoms with Crippen molar-refractivity contribution >= 4 is 28.6 Å². The lowest BCUT2D eigenvalue weighted by atomic mass is 10.1. The van der Waals surface area contributed by atoms with Crippen LogP contribution in [0.3, 0.4) is 0 Å². The molecular formula is C23H30N4O3. The number of hydrogen-bond acceptors (Lipinski definition) is 5. The van der Waals surface area contributed by atoms with Crippen molar-refractivity contribution in [3.8, 4) is 0 Å². The average Bonchev–Trinajstić information content (AvgIpc) is 3.46. The van der Waals surface area contributed by atoms with Crippen molar-refractivity contribution in [2.45, 2.75) is 44.7 Å². The lowest BCUT2D eigenvalue weighted by molar-refractivity contribution is -0.128. The van der Waals surface area contributed by atoms with E-state index in [0.717, 1.165) is 69.4 Å². The van der Waals surface area contributed by atoms with Gasteiger partial charge in [0.25, 0.3) is 5.91 Å². The third kappa shape index (κ3) is 3.35. The number of anilines is 1. The summed E-state index contributed by atoms with van der Waals surface area (Å²) < 4.78 is 5.72. The predicted molar refractivity (Wildman–Crippen MR) is 116 cm³/mol. The number of nitrogens with zero attached hydrogens (tertiary/aromatic N) is 4. The van der Waals surface area contributed by atoms with Gasteiger partial charge in [-0.2, -0.15) is 0 Å². The molecule has 3 amide bonds. The van der Waals surface area contributed by atoms with Crippen LogP contribution in [0.5, 0.6) is 0 Å². The number of benzene rings is 1. The SMILES string of the molecule is CC1CN(c2cccc3ccoc23)CCN1CCCCN1C(=O)C2CCCN2C1=O. The van der Waals surface area contributed by atoms with E-state index in [0.29, 0.717) is 12.6 Å². The zero-order valence-electron chi connectivity index (χ0n) is 17.6. The highest BCUT2D eigenvalue weighted by Crippen LogP contribution is 2.30. The molecule has 1 aromatic heterocycles. The second-order valence-electron chi connectivity index (χ2n) is 8.78. The summed E-state index contributed by atoms with van der Waals surface area (Å²) in [6.07, 6.45) is 5.41. The van der Waals surface area contributed by atoms with Crippen LogP contribution in [0.2, 0.25) is 0 Å². The fourth-order valence-corrected chi connectivity index (χ4v) is 5.24. The molecule has 3 fully saturated rings. The Bertz CT molecular complexity index is 919. The van der Waals surface area contributed by atoms with Crippen LogP contribution in [0.25, 0.3) is 11.0 Å².